The van der Waals surface area contributed by atoms with Gasteiger partial charge in [-0.2, -0.15) is 18.4 Å². The van der Waals surface area contributed by atoms with Gasteiger partial charge in [-0.05, 0) is 42.8 Å². The number of nitriles is 1. The molecule has 0 aliphatic heterocycles. The number of aryl methyl sites for hydroxylation is 1. The summed E-state index contributed by atoms with van der Waals surface area (Å²) < 4.78 is 43.5. The fourth-order valence-electron chi connectivity index (χ4n) is 1.98. The molecule has 2 rings (SSSR count). The lowest BCUT2D eigenvalue weighted by Crippen LogP contribution is -2.30. The Balaban J connectivity index is 2.22. The third-order valence-corrected chi connectivity index (χ3v) is 3.27. The van der Waals surface area contributed by atoms with Crippen molar-refractivity contribution in [3.05, 3.63) is 52.7 Å². The largest absolute Gasteiger partial charge is 0.497 e. The molecular weight excluding hydrogens is 337 g/mol. The minimum atomic E-state index is -4.67. The predicted octanol–water partition coefficient (Wildman–Crippen LogP) is 3.05. The maximum absolute atomic E-state index is 12.8. The zero-order valence-electron chi connectivity index (χ0n) is 13.2. The van der Waals surface area contributed by atoms with Crippen molar-refractivity contribution >= 4 is 11.7 Å². The van der Waals surface area contributed by atoms with Crippen molar-refractivity contribution in [3.8, 4) is 11.8 Å². The number of aromatic nitrogens is 1. The lowest BCUT2D eigenvalue weighted by Gasteiger charge is -2.14. The standard InChI is InChI=1S/C16H13F3N4O2/c1-9-7-13(16(17,18)19)21-14(12(9)8-20)22-23-15(24)10-3-5-11(25-2)6-4-10/h3-7H,1-2H3,(H,21,22)(H,23,24). The van der Waals surface area contributed by atoms with E-state index in [0.717, 1.165) is 6.07 Å². The first-order valence-electron chi connectivity index (χ1n) is 6.95. The van der Waals surface area contributed by atoms with Crippen LogP contribution < -0.4 is 15.6 Å². The van der Waals surface area contributed by atoms with E-state index in [0.29, 0.717) is 5.75 Å². The van der Waals surface area contributed by atoms with Crippen LogP contribution in [0.1, 0.15) is 27.2 Å². The molecule has 1 aromatic heterocycles. The Morgan fingerprint density at radius 2 is 1.92 bits per heavy atom. The van der Waals surface area contributed by atoms with Crippen LogP contribution in [0.25, 0.3) is 0 Å². The second-order valence-electron chi connectivity index (χ2n) is 4.97. The normalized spacial score (nSPS) is 10.7. The highest BCUT2D eigenvalue weighted by Gasteiger charge is 2.34. The van der Waals surface area contributed by atoms with Crippen molar-refractivity contribution in [2.45, 2.75) is 13.1 Å². The maximum atomic E-state index is 12.8. The molecule has 0 spiro atoms. The Morgan fingerprint density at radius 1 is 1.28 bits per heavy atom. The zero-order chi connectivity index (χ0) is 18.6. The number of anilines is 1. The van der Waals surface area contributed by atoms with Gasteiger partial charge in [-0.15, -0.1) is 0 Å². The Labute approximate surface area is 141 Å². The van der Waals surface area contributed by atoms with Crippen LogP contribution in [0.2, 0.25) is 0 Å². The summed E-state index contributed by atoms with van der Waals surface area (Å²) in [4.78, 5) is 15.4. The molecule has 0 radical (unpaired) electrons. The number of carbonyl (C=O) groups excluding carboxylic acids is 1. The Kier molecular flexibility index (Phi) is 5.12. The van der Waals surface area contributed by atoms with Crippen LogP contribution in [0.15, 0.2) is 30.3 Å². The second kappa shape index (κ2) is 7.09. The molecule has 2 aromatic rings. The molecule has 0 unspecified atom stereocenters. The van der Waals surface area contributed by atoms with Gasteiger partial charge in [0.25, 0.3) is 5.91 Å². The van der Waals surface area contributed by atoms with Gasteiger partial charge >= 0.3 is 6.18 Å². The van der Waals surface area contributed by atoms with Crippen molar-refractivity contribution in [3.63, 3.8) is 0 Å². The summed E-state index contributed by atoms with van der Waals surface area (Å²) in [5.41, 5.74) is 3.58. The third-order valence-electron chi connectivity index (χ3n) is 3.27. The maximum Gasteiger partial charge on any atom is 0.433 e. The van der Waals surface area contributed by atoms with Crippen molar-refractivity contribution in [1.29, 1.82) is 5.26 Å². The van der Waals surface area contributed by atoms with Crippen LogP contribution in [0.5, 0.6) is 5.75 Å². The summed E-state index contributed by atoms with van der Waals surface area (Å²) in [7, 11) is 1.47. The van der Waals surface area contributed by atoms with Gasteiger partial charge in [0.05, 0.1) is 12.7 Å². The number of amides is 1. The van der Waals surface area contributed by atoms with Crippen LogP contribution in [0.3, 0.4) is 0 Å². The third kappa shape index (κ3) is 4.17. The van der Waals surface area contributed by atoms with Gasteiger partial charge in [0.1, 0.15) is 17.5 Å². The molecule has 0 bridgehead atoms. The summed E-state index contributed by atoms with van der Waals surface area (Å²) in [6.07, 6.45) is -4.67. The summed E-state index contributed by atoms with van der Waals surface area (Å²) >= 11 is 0. The van der Waals surface area contributed by atoms with E-state index in [1.54, 1.807) is 18.2 Å². The first-order valence-corrected chi connectivity index (χ1v) is 6.95. The monoisotopic (exact) mass is 350 g/mol. The van der Waals surface area contributed by atoms with Crippen LogP contribution >= 0.6 is 0 Å². The smallest absolute Gasteiger partial charge is 0.433 e. The Hall–Kier alpha value is -3.28. The fraction of sp³-hybridized carbons (Fsp3) is 0.188. The number of alkyl halides is 3. The van der Waals surface area contributed by atoms with E-state index in [1.165, 1.54) is 26.2 Å². The molecular formula is C16H13F3N4O2. The molecule has 1 aromatic carbocycles. The predicted molar refractivity (Wildman–Crippen MR) is 82.8 cm³/mol. The molecule has 1 amide bonds. The topological polar surface area (TPSA) is 87.0 Å². The quantitative estimate of drug-likeness (QED) is 0.828. The number of nitrogens with one attached hydrogen (secondary N) is 2. The number of benzene rings is 1. The molecule has 0 saturated carbocycles. The highest BCUT2D eigenvalue weighted by Crippen LogP contribution is 2.30. The number of hydrazine groups is 1. The fourth-order valence-corrected chi connectivity index (χ4v) is 1.98. The molecule has 0 atom stereocenters. The summed E-state index contributed by atoms with van der Waals surface area (Å²) in [6.45, 7) is 1.35. The molecule has 1 heterocycles. The van der Waals surface area contributed by atoms with E-state index in [-0.39, 0.29) is 22.5 Å². The van der Waals surface area contributed by atoms with Crippen molar-refractivity contribution in [2.24, 2.45) is 0 Å². The van der Waals surface area contributed by atoms with Gasteiger partial charge in [-0.1, -0.05) is 0 Å². The Morgan fingerprint density at radius 3 is 2.44 bits per heavy atom. The van der Waals surface area contributed by atoms with Crippen LogP contribution in [0.4, 0.5) is 19.0 Å². The van der Waals surface area contributed by atoms with Crippen LogP contribution in [-0.4, -0.2) is 18.0 Å². The number of halogens is 3. The summed E-state index contributed by atoms with van der Waals surface area (Å²) in [6, 6.07) is 8.61. The molecule has 0 fully saturated rings. The number of nitrogens with zero attached hydrogens (tertiary/aromatic N) is 2. The number of rotatable bonds is 4. The van der Waals surface area contributed by atoms with E-state index < -0.39 is 17.8 Å². The van der Waals surface area contributed by atoms with E-state index in [1.807, 2.05) is 0 Å². The highest BCUT2D eigenvalue weighted by atomic mass is 19.4. The molecule has 130 valence electrons. The average Bonchev–Trinajstić information content (AvgIpc) is 2.58. The number of carbonyl (C=O) groups is 1. The van der Waals surface area contributed by atoms with Crippen molar-refractivity contribution in [2.75, 3.05) is 12.5 Å². The van der Waals surface area contributed by atoms with E-state index in [9.17, 15) is 18.0 Å². The zero-order valence-corrected chi connectivity index (χ0v) is 13.2. The van der Waals surface area contributed by atoms with E-state index in [4.69, 9.17) is 10.00 Å². The summed E-state index contributed by atoms with van der Waals surface area (Å²) in [5, 5.41) is 9.10. The average molecular weight is 350 g/mol. The highest BCUT2D eigenvalue weighted by molar-refractivity contribution is 5.95. The SMILES string of the molecule is COc1ccc(C(=O)NNc2nc(C(F)(F)F)cc(C)c2C#N)cc1. The van der Waals surface area contributed by atoms with Crippen molar-refractivity contribution in [1.82, 2.24) is 10.4 Å². The van der Waals surface area contributed by atoms with Gasteiger partial charge in [0.15, 0.2) is 5.82 Å². The number of pyridine rings is 1. The van der Waals surface area contributed by atoms with Gasteiger partial charge < -0.3 is 4.74 Å². The molecule has 0 saturated heterocycles. The second-order valence-corrected chi connectivity index (χ2v) is 4.97. The Bertz CT molecular complexity index is 827. The van der Waals surface area contributed by atoms with E-state index >= 15 is 0 Å². The molecule has 0 aliphatic carbocycles. The van der Waals surface area contributed by atoms with Gasteiger partial charge in [-0.3, -0.25) is 15.6 Å². The number of hydrogen-bond acceptors (Lipinski definition) is 5. The molecule has 6 nitrogen and oxygen atoms in total. The van der Waals surface area contributed by atoms with Gasteiger partial charge in [0, 0.05) is 5.56 Å². The summed E-state index contributed by atoms with van der Waals surface area (Å²) in [5.74, 6) is -0.438. The minimum absolute atomic E-state index is 0.0889. The van der Waals surface area contributed by atoms with Crippen LogP contribution in [-0.2, 0) is 6.18 Å². The molecule has 0 aliphatic rings. The van der Waals surface area contributed by atoms with Gasteiger partial charge in [0.2, 0.25) is 0 Å². The number of ether oxygens (including phenoxy) is 1. The van der Waals surface area contributed by atoms with Crippen molar-refractivity contribution < 1.29 is 22.7 Å². The van der Waals surface area contributed by atoms with Gasteiger partial charge in [-0.25, -0.2) is 4.98 Å². The number of methoxy groups -OCH3 is 1. The first kappa shape index (κ1) is 18.1. The lowest BCUT2D eigenvalue weighted by atomic mass is 10.1. The number of hydrogen-bond donors (Lipinski definition) is 2. The lowest BCUT2D eigenvalue weighted by molar-refractivity contribution is -0.141. The molecule has 2 N–H and O–H groups in total. The molecule has 9 heteroatoms. The minimum Gasteiger partial charge on any atom is -0.497 e. The van der Waals surface area contributed by atoms with Crippen LogP contribution in [0, 0.1) is 18.3 Å². The van der Waals surface area contributed by atoms with E-state index in [2.05, 4.69) is 15.8 Å². The molecule has 25 heavy (non-hydrogen) atoms. The first-order chi connectivity index (χ1) is 11.8.